The van der Waals surface area contributed by atoms with Gasteiger partial charge in [-0.2, -0.15) is 0 Å². The van der Waals surface area contributed by atoms with Gasteiger partial charge in [0.15, 0.2) is 11.5 Å². The van der Waals surface area contributed by atoms with Crippen molar-refractivity contribution >= 4 is 40.6 Å². The summed E-state index contributed by atoms with van der Waals surface area (Å²) in [5, 5.41) is 2.65. The quantitative estimate of drug-likeness (QED) is 0.269. The molecule has 1 atom stereocenters. The van der Waals surface area contributed by atoms with Gasteiger partial charge in [0, 0.05) is 35.1 Å². The second-order valence-electron chi connectivity index (χ2n) is 9.84. The van der Waals surface area contributed by atoms with Gasteiger partial charge in [-0.05, 0) is 74.2 Å². The largest absolute Gasteiger partial charge is 0.493 e. The summed E-state index contributed by atoms with van der Waals surface area (Å²) in [5.74, 6) is 0.486. The maximum Gasteiger partial charge on any atom is 0.322 e. The van der Waals surface area contributed by atoms with E-state index in [-0.39, 0.29) is 30.1 Å². The van der Waals surface area contributed by atoms with Crippen molar-refractivity contribution in [1.82, 2.24) is 9.80 Å². The number of carbonyl (C=O) groups excluding carboxylic acids is 2. The van der Waals surface area contributed by atoms with Gasteiger partial charge in [0.1, 0.15) is 12.4 Å². The van der Waals surface area contributed by atoms with E-state index in [1.165, 1.54) is 23.1 Å². The molecule has 2 heterocycles. The number of aryl methyl sites for hydroxylation is 1. The Morgan fingerprint density at radius 1 is 1.10 bits per heavy atom. The highest BCUT2D eigenvalue weighted by Gasteiger charge is 2.27. The highest BCUT2D eigenvalue weighted by atomic mass is 35.5. The summed E-state index contributed by atoms with van der Waals surface area (Å²) in [6.45, 7) is 3.63. The smallest absolute Gasteiger partial charge is 0.322 e. The molecule has 2 aromatic carbocycles. The summed E-state index contributed by atoms with van der Waals surface area (Å²) < 4.78 is 30.2. The number of halogens is 2. The zero-order chi connectivity index (χ0) is 29.4. The molecule has 0 saturated carbocycles. The third-order valence-electron chi connectivity index (χ3n) is 6.85. The minimum absolute atomic E-state index is 0.0999. The molecule has 8 nitrogen and oxygen atoms in total. The normalized spacial score (nSPS) is 14.5. The Balaban J connectivity index is 1.51. The highest BCUT2D eigenvalue weighted by Crippen LogP contribution is 2.28. The lowest BCUT2D eigenvalue weighted by molar-refractivity contribution is -0.132. The van der Waals surface area contributed by atoms with Gasteiger partial charge < -0.3 is 29.3 Å². The van der Waals surface area contributed by atoms with E-state index >= 15 is 0 Å². The molecule has 4 rings (SSSR count). The summed E-state index contributed by atoms with van der Waals surface area (Å²) in [5.41, 5.74) is 1.33. The van der Waals surface area contributed by atoms with Crippen molar-refractivity contribution in [2.24, 2.45) is 0 Å². The molecule has 0 aliphatic carbocycles. The van der Waals surface area contributed by atoms with Crippen molar-refractivity contribution in [2.75, 3.05) is 45.8 Å². The Labute approximate surface area is 248 Å². The molecule has 1 aliphatic heterocycles. The second kappa shape index (κ2) is 14.5. The average molecular weight is 604 g/mol. The molecule has 220 valence electrons. The van der Waals surface area contributed by atoms with Gasteiger partial charge in [0.2, 0.25) is 5.91 Å². The van der Waals surface area contributed by atoms with E-state index in [4.69, 9.17) is 25.8 Å². The number of nitrogens with zero attached hydrogens (tertiary/aromatic N) is 2. The number of hydrogen-bond donors (Lipinski definition) is 1. The van der Waals surface area contributed by atoms with Crippen LogP contribution in [0.15, 0.2) is 48.5 Å². The summed E-state index contributed by atoms with van der Waals surface area (Å²) in [4.78, 5) is 32.6. The average Bonchev–Trinajstić information content (AvgIpc) is 3.63. The van der Waals surface area contributed by atoms with Crippen LogP contribution in [0.1, 0.15) is 28.2 Å². The molecule has 0 radical (unpaired) electrons. The number of urea groups is 1. The molecule has 0 bridgehead atoms. The van der Waals surface area contributed by atoms with Gasteiger partial charge in [-0.25, -0.2) is 9.18 Å². The Kier molecular flexibility index (Phi) is 10.8. The van der Waals surface area contributed by atoms with Crippen LogP contribution in [0.3, 0.4) is 0 Å². The number of nitrogens with one attached hydrogen (secondary N) is 1. The molecule has 1 fully saturated rings. The van der Waals surface area contributed by atoms with Crippen molar-refractivity contribution in [3.63, 3.8) is 0 Å². The van der Waals surface area contributed by atoms with Crippen LogP contribution in [0.5, 0.6) is 11.5 Å². The minimum Gasteiger partial charge on any atom is -0.493 e. The molecule has 1 aromatic heterocycles. The lowest BCUT2D eigenvalue weighted by Gasteiger charge is -2.29. The molecular weight excluding hydrogens is 569 g/mol. The lowest BCUT2D eigenvalue weighted by atomic mass is 10.1. The van der Waals surface area contributed by atoms with Crippen LogP contribution in [-0.2, 0) is 22.5 Å². The number of carbonyl (C=O) groups is 2. The van der Waals surface area contributed by atoms with Crippen LogP contribution in [0.2, 0.25) is 5.02 Å². The summed E-state index contributed by atoms with van der Waals surface area (Å²) in [7, 11) is 3.17. The number of hydrogen-bond acceptors (Lipinski definition) is 6. The van der Waals surface area contributed by atoms with Gasteiger partial charge >= 0.3 is 6.03 Å². The first kappa shape index (κ1) is 30.6. The summed E-state index contributed by atoms with van der Waals surface area (Å²) >= 11 is 7.54. The molecule has 1 aliphatic rings. The summed E-state index contributed by atoms with van der Waals surface area (Å²) in [6, 6.07) is 13.2. The fourth-order valence-corrected chi connectivity index (χ4v) is 5.73. The zero-order valence-corrected chi connectivity index (χ0v) is 25.0. The number of rotatable bonds is 12. The van der Waals surface area contributed by atoms with Crippen molar-refractivity contribution in [3.05, 3.63) is 74.7 Å². The van der Waals surface area contributed by atoms with Crippen molar-refractivity contribution in [3.8, 4) is 11.5 Å². The minimum atomic E-state index is -0.579. The van der Waals surface area contributed by atoms with Gasteiger partial charge in [-0.15, -0.1) is 11.3 Å². The maximum absolute atomic E-state index is 13.8. The lowest BCUT2D eigenvalue weighted by Crippen LogP contribution is -2.47. The van der Waals surface area contributed by atoms with E-state index in [0.29, 0.717) is 43.3 Å². The molecule has 41 heavy (non-hydrogen) atoms. The van der Waals surface area contributed by atoms with E-state index < -0.39 is 11.8 Å². The van der Waals surface area contributed by atoms with Gasteiger partial charge in [0.05, 0.1) is 31.9 Å². The fraction of sp³-hybridized carbons (Fsp3) is 0.400. The van der Waals surface area contributed by atoms with Crippen LogP contribution in [0.4, 0.5) is 14.9 Å². The molecule has 0 spiro atoms. The number of amides is 3. The highest BCUT2D eigenvalue weighted by molar-refractivity contribution is 7.11. The van der Waals surface area contributed by atoms with Crippen LogP contribution in [0.25, 0.3) is 0 Å². The Hall–Kier alpha value is -3.34. The maximum atomic E-state index is 13.8. The SMILES string of the molecule is COc1ccc(CCN(Cc2ccc(C)s2)C(=O)CN(C[C@@H]2CCCO2)C(=O)Nc2ccc(F)c(Cl)c2)cc1OC. The fourth-order valence-electron chi connectivity index (χ4n) is 4.64. The number of benzene rings is 2. The topological polar surface area (TPSA) is 80.3 Å². The number of anilines is 1. The van der Waals surface area contributed by atoms with Crippen molar-refractivity contribution < 1.29 is 28.2 Å². The van der Waals surface area contributed by atoms with Gasteiger partial charge in [0.25, 0.3) is 0 Å². The Morgan fingerprint density at radius 3 is 2.56 bits per heavy atom. The van der Waals surface area contributed by atoms with Gasteiger partial charge in [-0.1, -0.05) is 17.7 Å². The third-order valence-corrected chi connectivity index (χ3v) is 8.12. The molecule has 11 heteroatoms. The molecule has 0 unspecified atom stereocenters. The zero-order valence-electron chi connectivity index (χ0n) is 23.5. The summed E-state index contributed by atoms with van der Waals surface area (Å²) in [6.07, 6.45) is 2.13. The number of methoxy groups -OCH3 is 2. The Morgan fingerprint density at radius 2 is 1.90 bits per heavy atom. The first-order valence-corrected chi connectivity index (χ1v) is 14.6. The van der Waals surface area contributed by atoms with Crippen LogP contribution in [0, 0.1) is 12.7 Å². The molecule has 3 amide bonds. The first-order chi connectivity index (χ1) is 19.7. The number of thiophene rings is 1. The first-order valence-electron chi connectivity index (χ1n) is 13.4. The molecular formula is C30H35ClFN3O5S. The van der Waals surface area contributed by atoms with E-state index in [2.05, 4.69) is 5.32 Å². The number of ether oxygens (including phenoxy) is 3. The predicted octanol–water partition coefficient (Wildman–Crippen LogP) is 6.15. The van der Waals surface area contributed by atoms with Crippen molar-refractivity contribution in [2.45, 2.75) is 38.8 Å². The second-order valence-corrected chi connectivity index (χ2v) is 11.6. The van der Waals surface area contributed by atoms with Gasteiger partial charge in [-0.3, -0.25) is 4.79 Å². The molecule has 1 N–H and O–H groups in total. The molecule has 3 aromatic rings. The van der Waals surface area contributed by atoms with Crippen LogP contribution < -0.4 is 14.8 Å². The van der Waals surface area contributed by atoms with E-state index in [0.717, 1.165) is 28.2 Å². The Bertz CT molecular complexity index is 1350. The predicted molar refractivity (Wildman–Crippen MR) is 159 cm³/mol. The molecule has 1 saturated heterocycles. The van der Waals surface area contributed by atoms with E-state index in [1.54, 1.807) is 30.5 Å². The van der Waals surface area contributed by atoms with Crippen molar-refractivity contribution in [1.29, 1.82) is 0 Å². The van der Waals surface area contributed by atoms with E-state index in [1.807, 2.05) is 37.3 Å². The van der Waals surface area contributed by atoms with Crippen LogP contribution in [-0.4, -0.2) is 68.3 Å². The monoisotopic (exact) mass is 603 g/mol. The van der Waals surface area contributed by atoms with E-state index in [9.17, 15) is 14.0 Å². The third kappa shape index (κ3) is 8.58. The standard InChI is InChI=1S/C30H35ClFN3O5S/c1-20-6-9-24(41-20)18-34(13-12-21-7-11-27(38-2)28(15-21)39-3)29(36)19-35(17-23-5-4-14-40-23)30(37)33-22-8-10-26(32)25(31)16-22/h6-11,15-16,23H,4-5,12-14,17-19H2,1-3H3,(H,33,37)/t23-/m0/s1. The van der Waals surface area contributed by atoms with Crippen LogP contribution >= 0.6 is 22.9 Å².